The number of carbonyl (C=O) groups excluding carboxylic acids is 1. The summed E-state index contributed by atoms with van der Waals surface area (Å²) in [6.45, 7) is 10.2. The van der Waals surface area contributed by atoms with E-state index >= 15 is 0 Å². The molecule has 1 aliphatic rings. The van der Waals surface area contributed by atoms with Crippen molar-refractivity contribution in [3.63, 3.8) is 0 Å². The van der Waals surface area contributed by atoms with Crippen LogP contribution >= 0.6 is 0 Å². The highest BCUT2D eigenvalue weighted by atomic mass is 16.5. The van der Waals surface area contributed by atoms with Gasteiger partial charge < -0.3 is 19.5 Å². The monoisotopic (exact) mass is 240 g/mol. The number of carbonyl (C=O) groups is 1. The molecular weight excluding hydrogens is 219 g/mol. The first-order chi connectivity index (χ1) is 8.13. The van der Waals surface area contributed by atoms with Crippen LogP contribution in [0.2, 0.25) is 6.82 Å². The molecule has 6 heteroatoms. The number of hydrogen-bond acceptors (Lipinski definition) is 5. The highest BCUT2D eigenvalue weighted by Crippen LogP contribution is 2.03. The van der Waals surface area contributed by atoms with Crippen molar-refractivity contribution in [1.29, 1.82) is 0 Å². The molecule has 96 valence electrons. The Hall–Kier alpha value is -0.845. The minimum absolute atomic E-state index is 0.356. The second-order valence-electron chi connectivity index (χ2n) is 4.23. The van der Waals surface area contributed by atoms with E-state index in [1.54, 1.807) is 6.82 Å². The van der Waals surface area contributed by atoms with E-state index in [1.165, 1.54) is 6.08 Å². The third-order valence-corrected chi connectivity index (χ3v) is 2.96. The van der Waals surface area contributed by atoms with Crippen molar-refractivity contribution in [2.75, 3.05) is 39.3 Å². The zero-order chi connectivity index (χ0) is 12.7. The van der Waals surface area contributed by atoms with Gasteiger partial charge in [0.15, 0.2) is 0 Å². The lowest BCUT2D eigenvalue weighted by molar-refractivity contribution is -0.137. The highest BCUT2D eigenvalue weighted by Gasteiger charge is 2.21. The van der Waals surface area contributed by atoms with E-state index in [1.807, 2.05) is 4.81 Å². The topological polar surface area (TPSA) is 53.0 Å². The molecule has 0 spiro atoms. The first-order valence-electron chi connectivity index (χ1n) is 6.07. The average Bonchev–Trinajstić information content (AvgIpc) is 2.34. The summed E-state index contributed by atoms with van der Waals surface area (Å²) >= 11 is 0. The summed E-state index contributed by atoms with van der Waals surface area (Å²) in [5.41, 5.74) is 0. The van der Waals surface area contributed by atoms with Crippen molar-refractivity contribution in [3.8, 4) is 0 Å². The summed E-state index contributed by atoms with van der Waals surface area (Å²) in [6.07, 6.45) is 2.02. The molecule has 1 fully saturated rings. The standard InChI is InChI=1S/C11H21BN2O3/c1-3-11(15)17-10-4-5-13-6-8-14(9-7-13)12(2)16/h3,16H,1,4-10H2,2H3. The Bertz CT molecular complexity index is 253. The van der Waals surface area contributed by atoms with Crippen molar-refractivity contribution in [2.45, 2.75) is 13.2 Å². The van der Waals surface area contributed by atoms with Gasteiger partial charge >= 0.3 is 13.0 Å². The number of ether oxygens (including phenoxy) is 1. The number of hydrogen-bond donors (Lipinski definition) is 1. The fraction of sp³-hybridized carbons (Fsp3) is 0.727. The van der Waals surface area contributed by atoms with Crippen LogP contribution in [0, 0.1) is 0 Å². The van der Waals surface area contributed by atoms with Crippen molar-refractivity contribution >= 4 is 13.0 Å². The maximum Gasteiger partial charge on any atom is 0.376 e. The van der Waals surface area contributed by atoms with E-state index in [0.29, 0.717) is 6.61 Å². The van der Waals surface area contributed by atoms with Crippen LogP contribution in [0.15, 0.2) is 12.7 Å². The van der Waals surface area contributed by atoms with Crippen molar-refractivity contribution < 1.29 is 14.6 Å². The molecule has 0 aromatic carbocycles. The Labute approximate surface area is 103 Å². The van der Waals surface area contributed by atoms with Gasteiger partial charge in [0.25, 0.3) is 0 Å². The van der Waals surface area contributed by atoms with Gasteiger partial charge in [0, 0.05) is 38.8 Å². The lowest BCUT2D eigenvalue weighted by Crippen LogP contribution is -2.51. The quantitative estimate of drug-likeness (QED) is 0.302. The molecule has 0 bridgehead atoms. The van der Waals surface area contributed by atoms with Crippen molar-refractivity contribution in [1.82, 2.24) is 9.71 Å². The van der Waals surface area contributed by atoms with Crippen LogP contribution in [0.5, 0.6) is 0 Å². The predicted molar refractivity (Wildman–Crippen MR) is 67.6 cm³/mol. The van der Waals surface area contributed by atoms with Gasteiger partial charge in [0.05, 0.1) is 6.61 Å². The lowest BCUT2D eigenvalue weighted by Gasteiger charge is -2.35. The van der Waals surface area contributed by atoms with E-state index in [0.717, 1.165) is 39.1 Å². The van der Waals surface area contributed by atoms with Gasteiger partial charge in [-0.2, -0.15) is 0 Å². The van der Waals surface area contributed by atoms with Gasteiger partial charge in [-0.1, -0.05) is 6.58 Å². The van der Waals surface area contributed by atoms with Gasteiger partial charge in [0.1, 0.15) is 0 Å². The van der Waals surface area contributed by atoms with Gasteiger partial charge in [-0.3, -0.25) is 0 Å². The predicted octanol–water partition coefficient (Wildman–Crippen LogP) is -0.166. The van der Waals surface area contributed by atoms with Crippen LogP contribution in [-0.4, -0.2) is 67.1 Å². The summed E-state index contributed by atoms with van der Waals surface area (Å²) in [5, 5.41) is 9.41. The minimum atomic E-state index is -0.357. The summed E-state index contributed by atoms with van der Waals surface area (Å²) in [6, 6.07) is 0. The molecule has 1 N–H and O–H groups in total. The summed E-state index contributed by atoms with van der Waals surface area (Å²) in [5.74, 6) is -0.357. The molecular formula is C11H21BN2O3. The Kier molecular flexibility index (Phi) is 6.25. The molecule has 0 aromatic rings. The number of nitrogens with zero attached hydrogens (tertiary/aromatic N) is 2. The summed E-state index contributed by atoms with van der Waals surface area (Å²) < 4.78 is 4.91. The highest BCUT2D eigenvalue weighted by molar-refractivity contribution is 6.45. The first kappa shape index (κ1) is 14.2. The molecule has 1 saturated heterocycles. The average molecular weight is 240 g/mol. The number of piperazine rings is 1. The van der Waals surface area contributed by atoms with Crippen LogP contribution in [0.1, 0.15) is 6.42 Å². The molecule has 0 radical (unpaired) electrons. The van der Waals surface area contributed by atoms with Crippen molar-refractivity contribution in [3.05, 3.63) is 12.7 Å². The Morgan fingerprint density at radius 2 is 2.12 bits per heavy atom. The fourth-order valence-corrected chi connectivity index (χ4v) is 1.88. The van der Waals surface area contributed by atoms with Crippen LogP contribution in [0.3, 0.4) is 0 Å². The number of esters is 1. The molecule has 0 atom stereocenters. The Morgan fingerprint density at radius 3 is 2.65 bits per heavy atom. The van der Waals surface area contributed by atoms with E-state index in [-0.39, 0.29) is 13.0 Å². The SMILES string of the molecule is C=CC(=O)OCCCN1CCN(B(C)O)CC1. The molecule has 1 aliphatic heterocycles. The van der Waals surface area contributed by atoms with Crippen LogP contribution in [0.25, 0.3) is 0 Å². The zero-order valence-corrected chi connectivity index (χ0v) is 10.5. The lowest BCUT2D eigenvalue weighted by atomic mass is 9.84. The fourth-order valence-electron chi connectivity index (χ4n) is 1.88. The molecule has 17 heavy (non-hydrogen) atoms. The van der Waals surface area contributed by atoms with Gasteiger partial charge in [-0.15, -0.1) is 0 Å². The van der Waals surface area contributed by atoms with Crippen LogP contribution in [-0.2, 0) is 9.53 Å². The van der Waals surface area contributed by atoms with Crippen LogP contribution in [0.4, 0.5) is 0 Å². The summed E-state index contributed by atoms with van der Waals surface area (Å²) in [4.78, 5) is 15.2. The van der Waals surface area contributed by atoms with E-state index in [4.69, 9.17) is 4.74 Å². The molecule has 1 rings (SSSR count). The molecule has 0 amide bonds. The third-order valence-electron chi connectivity index (χ3n) is 2.96. The van der Waals surface area contributed by atoms with Gasteiger partial charge in [-0.05, 0) is 13.2 Å². The largest absolute Gasteiger partial charge is 0.462 e. The van der Waals surface area contributed by atoms with E-state index in [9.17, 15) is 9.82 Å². The minimum Gasteiger partial charge on any atom is -0.462 e. The Balaban J connectivity index is 2.06. The van der Waals surface area contributed by atoms with Gasteiger partial charge in [-0.25, -0.2) is 4.79 Å². The van der Waals surface area contributed by atoms with Crippen LogP contribution < -0.4 is 0 Å². The van der Waals surface area contributed by atoms with Gasteiger partial charge in [0.2, 0.25) is 0 Å². The number of rotatable bonds is 6. The second kappa shape index (κ2) is 7.47. The second-order valence-corrected chi connectivity index (χ2v) is 4.23. The molecule has 0 unspecified atom stereocenters. The molecule has 0 saturated carbocycles. The molecule has 0 aromatic heterocycles. The van der Waals surface area contributed by atoms with E-state index in [2.05, 4.69) is 11.5 Å². The maximum atomic E-state index is 10.8. The maximum absolute atomic E-state index is 10.8. The molecule has 0 aliphatic carbocycles. The van der Waals surface area contributed by atoms with E-state index < -0.39 is 0 Å². The normalized spacial score (nSPS) is 17.8. The first-order valence-corrected chi connectivity index (χ1v) is 6.07. The third kappa shape index (κ3) is 5.34. The zero-order valence-electron chi connectivity index (χ0n) is 10.5. The smallest absolute Gasteiger partial charge is 0.376 e. The molecule has 1 heterocycles. The molecule has 5 nitrogen and oxygen atoms in total. The Morgan fingerprint density at radius 1 is 1.47 bits per heavy atom. The summed E-state index contributed by atoms with van der Waals surface area (Å²) in [7, 11) is -0.356. The van der Waals surface area contributed by atoms with Crippen molar-refractivity contribution in [2.24, 2.45) is 0 Å².